The van der Waals surface area contributed by atoms with Crippen LogP contribution in [0.15, 0.2) is 95.7 Å². The van der Waals surface area contributed by atoms with Gasteiger partial charge < -0.3 is 0 Å². The van der Waals surface area contributed by atoms with Gasteiger partial charge >= 0.3 is 0 Å². The minimum atomic E-state index is 0.924. The van der Waals surface area contributed by atoms with Gasteiger partial charge in [-0.25, -0.2) is 0 Å². The average Bonchev–Trinajstić information content (AvgIpc) is 2.60. The maximum atomic E-state index is 4.26. The van der Waals surface area contributed by atoms with Crippen LogP contribution >= 0.6 is 0 Å². The van der Waals surface area contributed by atoms with Gasteiger partial charge in [0.05, 0.1) is 0 Å². The van der Waals surface area contributed by atoms with Crippen molar-refractivity contribution in [3.8, 4) is 0 Å². The molecule has 0 saturated heterocycles. The monoisotopic (exact) mass is 234 g/mol. The van der Waals surface area contributed by atoms with Gasteiger partial charge in [-0.2, -0.15) is 0 Å². The summed E-state index contributed by atoms with van der Waals surface area (Å²) in [5.74, 6) is 0. The lowest BCUT2D eigenvalue weighted by Crippen LogP contribution is -1.95. The molecule has 0 N–H and O–H groups in total. The normalized spacial score (nSPS) is 26.8. The zero-order valence-corrected chi connectivity index (χ0v) is 10.8. The first-order valence-corrected chi connectivity index (χ1v) is 6.18. The van der Waals surface area contributed by atoms with Crippen molar-refractivity contribution in [3.63, 3.8) is 0 Å². The van der Waals surface area contributed by atoms with E-state index in [1.54, 1.807) is 0 Å². The van der Waals surface area contributed by atoms with E-state index in [1.165, 1.54) is 16.7 Å². The molecule has 0 nitrogen and oxygen atoms in total. The number of hydrogen-bond acceptors (Lipinski definition) is 0. The highest BCUT2D eigenvalue weighted by molar-refractivity contribution is 5.58. The standard InChI is InChI=1S/C18H18/c1-4-16-10-8-9-12-17-11-6-5-7-13-18(17)15(3)14(16)2/h4-12H,1,3,13H2,2H3/b10-8-,12-9+,16-14+. The van der Waals surface area contributed by atoms with Crippen LogP contribution in [0.2, 0.25) is 0 Å². The molecule has 0 amide bonds. The highest BCUT2D eigenvalue weighted by Crippen LogP contribution is 2.30. The molecule has 90 valence electrons. The van der Waals surface area contributed by atoms with Crippen molar-refractivity contribution >= 4 is 0 Å². The Morgan fingerprint density at radius 3 is 2.44 bits per heavy atom. The Morgan fingerprint density at radius 2 is 1.72 bits per heavy atom. The topological polar surface area (TPSA) is 0 Å². The second-order valence-electron chi connectivity index (χ2n) is 4.41. The van der Waals surface area contributed by atoms with Crippen molar-refractivity contribution < 1.29 is 0 Å². The Labute approximate surface area is 109 Å². The highest BCUT2D eigenvalue weighted by atomic mass is 14.2. The molecule has 0 saturated carbocycles. The lowest BCUT2D eigenvalue weighted by Gasteiger charge is -2.13. The number of rotatable bonds is 1. The molecular weight excluding hydrogens is 216 g/mol. The van der Waals surface area contributed by atoms with Crippen LogP contribution in [0.3, 0.4) is 0 Å². The predicted molar refractivity (Wildman–Crippen MR) is 80.2 cm³/mol. The van der Waals surface area contributed by atoms with Crippen molar-refractivity contribution in [2.75, 3.05) is 0 Å². The first kappa shape index (κ1) is 12.4. The summed E-state index contributed by atoms with van der Waals surface area (Å²) in [4.78, 5) is 0. The smallest absolute Gasteiger partial charge is 0.00825 e. The summed E-state index contributed by atoms with van der Waals surface area (Å²) in [5.41, 5.74) is 5.96. The second kappa shape index (κ2) is 5.50. The predicted octanol–water partition coefficient (Wildman–Crippen LogP) is 4.98. The average molecular weight is 234 g/mol. The quantitative estimate of drug-likeness (QED) is 0.600. The van der Waals surface area contributed by atoms with Gasteiger partial charge in [0.15, 0.2) is 0 Å². The van der Waals surface area contributed by atoms with E-state index in [1.807, 2.05) is 6.08 Å². The zero-order valence-electron chi connectivity index (χ0n) is 10.8. The van der Waals surface area contributed by atoms with E-state index in [0.29, 0.717) is 0 Å². The van der Waals surface area contributed by atoms with Gasteiger partial charge in [0.2, 0.25) is 0 Å². The van der Waals surface area contributed by atoms with E-state index in [4.69, 9.17) is 0 Å². The molecule has 0 atom stereocenters. The summed E-state index contributed by atoms with van der Waals surface area (Å²) in [6.07, 6.45) is 19.6. The fourth-order valence-corrected chi connectivity index (χ4v) is 2.16. The molecule has 0 aliphatic heterocycles. The van der Waals surface area contributed by atoms with E-state index in [9.17, 15) is 0 Å². The molecule has 2 rings (SSSR count). The lowest BCUT2D eigenvalue weighted by atomic mass is 9.91. The van der Waals surface area contributed by atoms with Crippen LogP contribution in [-0.2, 0) is 0 Å². The summed E-state index contributed by atoms with van der Waals surface area (Å²) in [7, 11) is 0. The summed E-state index contributed by atoms with van der Waals surface area (Å²) in [6.45, 7) is 10.2. The van der Waals surface area contributed by atoms with Crippen molar-refractivity contribution in [2.24, 2.45) is 0 Å². The van der Waals surface area contributed by atoms with Gasteiger partial charge in [-0.1, -0.05) is 67.8 Å². The fraction of sp³-hybridized carbons (Fsp3) is 0.111. The van der Waals surface area contributed by atoms with Crippen LogP contribution in [0.4, 0.5) is 0 Å². The largest absolute Gasteiger partial charge is 0.0985 e. The van der Waals surface area contributed by atoms with E-state index >= 15 is 0 Å². The molecule has 2 aliphatic rings. The Hall–Kier alpha value is -2.08. The van der Waals surface area contributed by atoms with Crippen LogP contribution in [0, 0.1) is 0 Å². The van der Waals surface area contributed by atoms with Gasteiger partial charge in [-0.3, -0.25) is 0 Å². The van der Waals surface area contributed by atoms with Gasteiger partial charge in [0, 0.05) is 0 Å². The Balaban J connectivity index is 2.60. The molecule has 2 aliphatic carbocycles. The van der Waals surface area contributed by atoms with E-state index in [-0.39, 0.29) is 0 Å². The summed E-state index contributed by atoms with van der Waals surface area (Å²) < 4.78 is 0. The van der Waals surface area contributed by atoms with Gasteiger partial charge in [-0.05, 0) is 41.2 Å². The Bertz CT molecular complexity index is 555. The van der Waals surface area contributed by atoms with Gasteiger partial charge in [-0.15, -0.1) is 0 Å². The van der Waals surface area contributed by atoms with Crippen molar-refractivity contribution in [1.29, 1.82) is 0 Å². The maximum absolute atomic E-state index is 4.26. The number of hydrogen-bond donors (Lipinski definition) is 0. The van der Waals surface area contributed by atoms with Crippen LogP contribution in [0.1, 0.15) is 13.3 Å². The van der Waals surface area contributed by atoms with Crippen molar-refractivity contribution in [3.05, 3.63) is 95.7 Å². The molecule has 0 aromatic rings. The lowest BCUT2D eigenvalue weighted by molar-refractivity contribution is 1.19. The molecule has 0 unspecified atom stereocenters. The van der Waals surface area contributed by atoms with Crippen molar-refractivity contribution in [1.82, 2.24) is 0 Å². The molecule has 0 heterocycles. The molecule has 0 radical (unpaired) electrons. The maximum Gasteiger partial charge on any atom is -0.00825 e. The van der Waals surface area contributed by atoms with Crippen LogP contribution in [-0.4, -0.2) is 0 Å². The first-order valence-electron chi connectivity index (χ1n) is 6.18. The molecule has 0 bridgehead atoms. The van der Waals surface area contributed by atoms with Gasteiger partial charge in [0.25, 0.3) is 0 Å². The van der Waals surface area contributed by atoms with Gasteiger partial charge in [0.1, 0.15) is 0 Å². The molecular formula is C18H18. The molecule has 18 heavy (non-hydrogen) atoms. The Morgan fingerprint density at radius 1 is 1.06 bits per heavy atom. The van der Waals surface area contributed by atoms with Crippen LogP contribution < -0.4 is 0 Å². The molecule has 0 fully saturated rings. The molecule has 0 aromatic carbocycles. The minimum Gasteiger partial charge on any atom is -0.0985 e. The summed E-state index contributed by atoms with van der Waals surface area (Å²) in [5, 5.41) is 0. The van der Waals surface area contributed by atoms with Crippen LogP contribution in [0.5, 0.6) is 0 Å². The minimum absolute atomic E-state index is 0.924. The molecule has 0 spiro atoms. The zero-order chi connectivity index (χ0) is 13.0. The third kappa shape index (κ3) is 2.43. The second-order valence-corrected chi connectivity index (χ2v) is 4.41. The third-order valence-corrected chi connectivity index (χ3v) is 3.33. The first-order chi connectivity index (χ1) is 8.74. The highest BCUT2D eigenvalue weighted by Gasteiger charge is 2.11. The number of allylic oxidation sites excluding steroid dienone is 14. The van der Waals surface area contributed by atoms with Crippen molar-refractivity contribution in [2.45, 2.75) is 13.3 Å². The fourth-order valence-electron chi connectivity index (χ4n) is 2.16. The third-order valence-electron chi connectivity index (χ3n) is 3.33. The molecule has 0 aromatic heterocycles. The summed E-state index contributed by atoms with van der Waals surface area (Å²) >= 11 is 0. The summed E-state index contributed by atoms with van der Waals surface area (Å²) in [6, 6.07) is 0. The van der Waals surface area contributed by atoms with E-state index in [0.717, 1.165) is 17.6 Å². The SMILES string of the molecule is C=CC1=C(/C)C(=C)C2=C(C=CC=CC2)/C=C/C=C\1. The van der Waals surface area contributed by atoms with E-state index in [2.05, 4.69) is 68.7 Å². The molecule has 0 heteroatoms. The van der Waals surface area contributed by atoms with Crippen LogP contribution in [0.25, 0.3) is 0 Å². The Kier molecular flexibility index (Phi) is 3.78. The van der Waals surface area contributed by atoms with E-state index < -0.39 is 0 Å².